The number of rotatable bonds is 16. The van der Waals surface area contributed by atoms with Crippen LogP contribution in [0.3, 0.4) is 0 Å². The molecule has 0 aliphatic carbocycles. The Morgan fingerprint density at radius 3 is 2.29 bits per heavy atom. The summed E-state index contributed by atoms with van der Waals surface area (Å²) in [6.45, 7) is 5.48. The summed E-state index contributed by atoms with van der Waals surface area (Å²) >= 11 is 0. The van der Waals surface area contributed by atoms with E-state index in [4.69, 9.17) is 15.6 Å². The van der Waals surface area contributed by atoms with Crippen LogP contribution in [-0.2, 0) is 22.7 Å². The standard InChI is InChI=1S/C26H38N4O4/c1-21(29-26(32)33)14-17-30(18-22-10-4-2-5-11-22)16-9-8-15-28-25(31)24(27)20-34-19-23-12-6-3-7-13-23/h2-7,10-13,21,24,29H,8-9,14-20,27H2,1H3,(H,28,31)(H,32,33)/t21-,24+/m1/s1. The maximum Gasteiger partial charge on any atom is 0.404 e. The topological polar surface area (TPSA) is 117 Å². The van der Waals surface area contributed by atoms with Crippen molar-refractivity contribution in [3.63, 3.8) is 0 Å². The normalized spacial score (nSPS) is 12.8. The van der Waals surface area contributed by atoms with Gasteiger partial charge in [0, 0.05) is 25.7 Å². The highest BCUT2D eigenvalue weighted by Gasteiger charge is 2.14. The van der Waals surface area contributed by atoms with Gasteiger partial charge >= 0.3 is 6.09 Å². The average Bonchev–Trinajstić information content (AvgIpc) is 2.82. The van der Waals surface area contributed by atoms with Crippen molar-refractivity contribution in [3.8, 4) is 0 Å². The Morgan fingerprint density at radius 2 is 1.65 bits per heavy atom. The second kappa shape index (κ2) is 15.8. The predicted molar refractivity (Wildman–Crippen MR) is 133 cm³/mol. The Balaban J connectivity index is 1.66. The van der Waals surface area contributed by atoms with Crippen molar-refractivity contribution in [2.24, 2.45) is 5.73 Å². The molecule has 0 aliphatic heterocycles. The molecule has 0 aliphatic rings. The van der Waals surface area contributed by atoms with E-state index in [2.05, 4.69) is 27.7 Å². The molecule has 0 spiro atoms. The molecule has 0 unspecified atom stereocenters. The van der Waals surface area contributed by atoms with Crippen LogP contribution in [0, 0.1) is 0 Å². The van der Waals surface area contributed by atoms with Crippen LogP contribution in [-0.4, -0.2) is 60.3 Å². The van der Waals surface area contributed by atoms with Gasteiger partial charge in [-0.15, -0.1) is 0 Å². The van der Waals surface area contributed by atoms with Gasteiger partial charge in [0.15, 0.2) is 0 Å². The largest absolute Gasteiger partial charge is 0.465 e. The van der Waals surface area contributed by atoms with Gasteiger partial charge in [-0.05, 0) is 43.9 Å². The maximum atomic E-state index is 12.2. The molecule has 0 heterocycles. The second-order valence-corrected chi connectivity index (χ2v) is 8.51. The number of amides is 2. The summed E-state index contributed by atoms with van der Waals surface area (Å²) in [6, 6.07) is 19.2. The van der Waals surface area contributed by atoms with Crippen LogP contribution in [0.2, 0.25) is 0 Å². The van der Waals surface area contributed by atoms with Gasteiger partial charge in [-0.3, -0.25) is 9.69 Å². The summed E-state index contributed by atoms with van der Waals surface area (Å²) in [5.74, 6) is -0.206. The Bertz CT molecular complexity index is 835. The van der Waals surface area contributed by atoms with Crippen molar-refractivity contribution < 1.29 is 19.4 Å². The van der Waals surface area contributed by atoms with E-state index in [-0.39, 0.29) is 18.6 Å². The van der Waals surface area contributed by atoms with E-state index >= 15 is 0 Å². The SMILES string of the molecule is C[C@H](CCN(CCCCNC(=O)[C@@H](N)COCc1ccccc1)Cc1ccccc1)NC(=O)O. The Morgan fingerprint density at radius 1 is 1.00 bits per heavy atom. The zero-order chi connectivity index (χ0) is 24.6. The third-order valence-electron chi connectivity index (χ3n) is 5.44. The zero-order valence-corrected chi connectivity index (χ0v) is 20.0. The van der Waals surface area contributed by atoms with Crippen molar-refractivity contribution in [3.05, 3.63) is 71.8 Å². The third kappa shape index (κ3) is 11.8. The lowest BCUT2D eigenvalue weighted by Crippen LogP contribution is -2.44. The highest BCUT2D eigenvalue weighted by atomic mass is 16.5. The van der Waals surface area contributed by atoms with E-state index < -0.39 is 12.1 Å². The lowest BCUT2D eigenvalue weighted by atomic mass is 10.1. The van der Waals surface area contributed by atoms with Crippen molar-refractivity contribution in [2.75, 3.05) is 26.2 Å². The summed E-state index contributed by atoms with van der Waals surface area (Å²) in [7, 11) is 0. The molecule has 2 atom stereocenters. The fraction of sp³-hybridized carbons (Fsp3) is 0.462. The van der Waals surface area contributed by atoms with Gasteiger partial charge in [0.25, 0.3) is 0 Å². The number of carbonyl (C=O) groups excluding carboxylic acids is 1. The first-order valence-corrected chi connectivity index (χ1v) is 11.8. The number of nitrogens with one attached hydrogen (secondary N) is 2. The number of ether oxygens (including phenoxy) is 1. The highest BCUT2D eigenvalue weighted by molar-refractivity contribution is 5.81. The van der Waals surface area contributed by atoms with Crippen LogP contribution in [0.25, 0.3) is 0 Å². The van der Waals surface area contributed by atoms with Crippen LogP contribution in [0.1, 0.15) is 37.3 Å². The van der Waals surface area contributed by atoms with Crippen LogP contribution >= 0.6 is 0 Å². The maximum absolute atomic E-state index is 12.2. The van der Waals surface area contributed by atoms with Gasteiger partial charge in [-0.25, -0.2) is 4.79 Å². The Hall–Kier alpha value is -2.94. The molecular formula is C26H38N4O4. The minimum absolute atomic E-state index is 0.111. The number of carbonyl (C=O) groups is 2. The average molecular weight is 471 g/mol. The van der Waals surface area contributed by atoms with Crippen LogP contribution < -0.4 is 16.4 Å². The molecule has 2 amide bonds. The molecule has 2 aromatic carbocycles. The van der Waals surface area contributed by atoms with Crippen molar-refractivity contribution in [1.29, 1.82) is 0 Å². The lowest BCUT2D eigenvalue weighted by molar-refractivity contribution is -0.123. The summed E-state index contributed by atoms with van der Waals surface area (Å²) in [6.07, 6.45) is 1.47. The van der Waals surface area contributed by atoms with E-state index in [0.717, 1.165) is 44.5 Å². The molecule has 34 heavy (non-hydrogen) atoms. The minimum atomic E-state index is -0.999. The van der Waals surface area contributed by atoms with Gasteiger partial charge in [0.05, 0.1) is 13.2 Å². The molecule has 186 valence electrons. The van der Waals surface area contributed by atoms with Crippen molar-refractivity contribution in [2.45, 2.75) is 51.4 Å². The van der Waals surface area contributed by atoms with E-state index in [9.17, 15) is 9.59 Å². The Kier molecular flexibility index (Phi) is 12.7. The van der Waals surface area contributed by atoms with Gasteiger partial charge < -0.3 is 26.2 Å². The first-order valence-electron chi connectivity index (χ1n) is 11.8. The van der Waals surface area contributed by atoms with E-state index in [0.29, 0.717) is 13.2 Å². The summed E-state index contributed by atoms with van der Waals surface area (Å²) in [5, 5.41) is 14.3. The first-order chi connectivity index (χ1) is 16.4. The number of carboxylic acid groups (broad SMARTS) is 1. The molecule has 2 rings (SSSR count). The highest BCUT2D eigenvalue weighted by Crippen LogP contribution is 2.08. The van der Waals surface area contributed by atoms with E-state index in [1.165, 1.54) is 5.56 Å². The predicted octanol–water partition coefficient (Wildman–Crippen LogP) is 2.98. The summed E-state index contributed by atoms with van der Waals surface area (Å²) in [5.41, 5.74) is 8.20. The van der Waals surface area contributed by atoms with Gasteiger partial charge in [0.2, 0.25) is 5.91 Å². The molecular weight excluding hydrogens is 432 g/mol. The number of benzene rings is 2. The van der Waals surface area contributed by atoms with Crippen LogP contribution in [0.5, 0.6) is 0 Å². The van der Waals surface area contributed by atoms with E-state index in [1.807, 2.05) is 55.5 Å². The molecule has 0 saturated carbocycles. The van der Waals surface area contributed by atoms with Gasteiger partial charge in [-0.1, -0.05) is 60.7 Å². The first kappa shape index (κ1) is 27.3. The van der Waals surface area contributed by atoms with Crippen molar-refractivity contribution in [1.82, 2.24) is 15.5 Å². The fourth-order valence-electron chi connectivity index (χ4n) is 3.53. The second-order valence-electron chi connectivity index (χ2n) is 8.51. The monoisotopic (exact) mass is 470 g/mol. The molecule has 0 fully saturated rings. The fourth-order valence-corrected chi connectivity index (χ4v) is 3.53. The number of nitrogens with zero attached hydrogens (tertiary/aromatic N) is 1. The van der Waals surface area contributed by atoms with Crippen molar-refractivity contribution >= 4 is 12.0 Å². The molecule has 8 heteroatoms. The van der Waals surface area contributed by atoms with Crippen LogP contribution in [0.4, 0.5) is 4.79 Å². The molecule has 0 radical (unpaired) electrons. The van der Waals surface area contributed by atoms with E-state index in [1.54, 1.807) is 0 Å². The summed E-state index contributed by atoms with van der Waals surface area (Å²) in [4.78, 5) is 25.4. The molecule has 2 aromatic rings. The van der Waals surface area contributed by atoms with Gasteiger partial charge in [0.1, 0.15) is 6.04 Å². The van der Waals surface area contributed by atoms with Crippen LogP contribution in [0.15, 0.2) is 60.7 Å². The number of hydrogen-bond donors (Lipinski definition) is 4. The number of hydrogen-bond acceptors (Lipinski definition) is 5. The summed E-state index contributed by atoms with van der Waals surface area (Å²) < 4.78 is 5.55. The molecule has 5 N–H and O–H groups in total. The quantitative estimate of drug-likeness (QED) is 0.280. The Labute approximate surface area is 202 Å². The number of unbranched alkanes of at least 4 members (excludes halogenated alkanes) is 1. The zero-order valence-electron chi connectivity index (χ0n) is 20.0. The lowest BCUT2D eigenvalue weighted by Gasteiger charge is -2.24. The molecule has 0 bridgehead atoms. The third-order valence-corrected chi connectivity index (χ3v) is 5.44. The van der Waals surface area contributed by atoms with Gasteiger partial charge in [-0.2, -0.15) is 0 Å². The smallest absolute Gasteiger partial charge is 0.404 e. The minimum Gasteiger partial charge on any atom is -0.465 e. The molecule has 8 nitrogen and oxygen atoms in total. The number of nitrogens with two attached hydrogens (primary N) is 1. The molecule has 0 saturated heterocycles. The molecule has 0 aromatic heterocycles.